The van der Waals surface area contributed by atoms with Gasteiger partial charge in [-0.05, 0) is 61.7 Å². The van der Waals surface area contributed by atoms with Gasteiger partial charge >= 0.3 is 0 Å². The number of nitrogens with zero attached hydrogens (tertiary/aromatic N) is 1. The first-order valence-corrected chi connectivity index (χ1v) is 9.00. The standard InChI is InChI=1S/C21H25N3O2/c1-15-5-2-3-6-17(15)13-24-12-4-7-18(14-24)21(26)23-19-10-8-16(9-11-19)20(22)25/h2-3,5-6,8-11,18H,4,7,12-14H2,1H3,(H2,22,25)(H,23,26). The van der Waals surface area contributed by atoms with Gasteiger partial charge in [-0.3, -0.25) is 14.5 Å². The Bertz CT molecular complexity index is 786. The molecule has 3 rings (SSSR count). The van der Waals surface area contributed by atoms with Crippen molar-refractivity contribution >= 4 is 17.5 Å². The van der Waals surface area contributed by atoms with E-state index in [4.69, 9.17) is 5.73 Å². The van der Waals surface area contributed by atoms with Gasteiger partial charge in [0.2, 0.25) is 11.8 Å². The second kappa shape index (κ2) is 8.15. The fraction of sp³-hybridized carbons (Fsp3) is 0.333. The number of nitrogens with one attached hydrogen (secondary N) is 1. The third kappa shape index (κ3) is 4.49. The Kier molecular flexibility index (Phi) is 5.68. The molecule has 1 aliphatic heterocycles. The lowest BCUT2D eigenvalue weighted by atomic mass is 9.96. The molecule has 0 aliphatic carbocycles. The highest BCUT2D eigenvalue weighted by Gasteiger charge is 2.26. The fourth-order valence-corrected chi connectivity index (χ4v) is 3.40. The maximum absolute atomic E-state index is 12.6. The molecule has 26 heavy (non-hydrogen) atoms. The van der Waals surface area contributed by atoms with Crippen molar-refractivity contribution < 1.29 is 9.59 Å². The molecular weight excluding hydrogens is 326 g/mol. The lowest BCUT2D eigenvalue weighted by Gasteiger charge is -2.32. The largest absolute Gasteiger partial charge is 0.366 e. The molecule has 0 radical (unpaired) electrons. The van der Waals surface area contributed by atoms with Crippen molar-refractivity contribution in [1.82, 2.24) is 4.90 Å². The second-order valence-corrected chi connectivity index (χ2v) is 6.93. The molecule has 1 saturated heterocycles. The molecule has 0 spiro atoms. The molecular formula is C21H25N3O2. The number of piperidine rings is 1. The second-order valence-electron chi connectivity index (χ2n) is 6.93. The summed E-state index contributed by atoms with van der Waals surface area (Å²) >= 11 is 0. The number of rotatable bonds is 5. The highest BCUT2D eigenvalue weighted by molar-refractivity contribution is 5.95. The number of anilines is 1. The number of likely N-dealkylation sites (tertiary alicyclic amines) is 1. The summed E-state index contributed by atoms with van der Waals surface area (Å²) < 4.78 is 0. The topological polar surface area (TPSA) is 75.4 Å². The van der Waals surface area contributed by atoms with Crippen molar-refractivity contribution in [2.45, 2.75) is 26.3 Å². The summed E-state index contributed by atoms with van der Waals surface area (Å²) in [7, 11) is 0. The summed E-state index contributed by atoms with van der Waals surface area (Å²) in [5.41, 5.74) is 8.97. The summed E-state index contributed by atoms with van der Waals surface area (Å²) in [5.74, 6) is -0.461. The third-order valence-electron chi connectivity index (χ3n) is 4.97. The predicted molar refractivity (Wildman–Crippen MR) is 103 cm³/mol. The van der Waals surface area contributed by atoms with Crippen LogP contribution in [0.15, 0.2) is 48.5 Å². The summed E-state index contributed by atoms with van der Waals surface area (Å²) in [5, 5.41) is 2.96. The summed E-state index contributed by atoms with van der Waals surface area (Å²) in [4.78, 5) is 26.1. The first-order valence-electron chi connectivity index (χ1n) is 9.00. The molecule has 3 N–H and O–H groups in total. The van der Waals surface area contributed by atoms with E-state index in [0.29, 0.717) is 11.3 Å². The number of amides is 2. The van der Waals surface area contributed by atoms with E-state index < -0.39 is 5.91 Å². The Morgan fingerprint density at radius 3 is 2.58 bits per heavy atom. The first kappa shape index (κ1) is 18.1. The van der Waals surface area contributed by atoms with E-state index in [-0.39, 0.29) is 11.8 Å². The number of nitrogens with two attached hydrogens (primary N) is 1. The average molecular weight is 351 g/mol. The Hall–Kier alpha value is -2.66. The van der Waals surface area contributed by atoms with Gasteiger partial charge in [0.15, 0.2) is 0 Å². The zero-order valence-corrected chi connectivity index (χ0v) is 15.1. The van der Waals surface area contributed by atoms with Crippen LogP contribution in [-0.2, 0) is 11.3 Å². The number of hydrogen-bond acceptors (Lipinski definition) is 3. The molecule has 1 atom stereocenters. The van der Waals surface area contributed by atoms with Gasteiger partial charge in [-0.25, -0.2) is 0 Å². The minimum Gasteiger partial charge on any atom is -0.366 e. The van der Waals surface area contributed by atoms with E-state index in [9.17, 15) is 9.59 Å². The van der Waals surface area contributed by atoms with E-state index in [1.165, 1.54) is 11.1 Å². The lowest BCUT2D eigenvalue weighted by Crippen LogP contribution is -2.40. The van der Waals surface area contributed by atoms with Gasteiger partial charge in [0.1, 0.15) is 0 Å². The molecule has 1 aliphatic rings. The van der Waals surface area contributed by atoms with Crippen molar-refractivity contribution in [3.05, 3.63) is 65.2 Å². The van der Waals surface area contributed by atoms with Gasteiger partial charge in [0.25, 0.3) is 0 Å². The predicted octanol–water partition coefficient (Wildman–Crippen LogP) is 2.94. The van der Waals surface area contributed by atoms with E-state index >= 15 is 0 Å². The van der Waals surface area contributed by atoms with Gasteiger partial charge in [-0.2, -0.15) is 0 Å². The monoisotopic (exact) mass is 351 g/mol. The number of benzene rings is 2. The van der Waals surface area contributed by atoms with Crippen LogP contribution in [0.4, 0.5) is 5.69 Å². The zero-order chi connectivity index (χ0) is 18.5. The molecule has 1 fully saturated rings. The number of carbonyl (C=O) groups is 2. The van der Waals surface area contributed by atoms with E-state index in [0.717, 1.165) is 32.5 Å². The van der Waals surface area contributed by atoms with Gasteiger partial charge in [-0.15, -0.1) is 0 Å². The van der Waals surface area contributed by atoms with Crippen LogP contribution in [0.3, 0.4) is 0 Å². The third-order valence-corrected chi connectivity index (χ3v) is 4.97. The zero-order valence-electron chi connectivity index (χ0n) is 15.1. The van der Waals surface area contributed by atoms with Crippen molar-refractivity contribution in [2.75, 3.05) is 18.4 Å². The molecule has 2 aromatic carbocycles. The molecule has 0 saturated carbocycles. The van der Waals surface area contributed by atoms with Crippen molar-refractivity contribution in [2.24, 2.45) is 11.7 Å². The van der Waals surface area contributed by atoms with Crippen LogP contribution in [0, 0.1) is 12.8 Å². The van der Waals surface area contributed by atoms with Crippen molar-refractivity contribution in [1.29, 1.82) is 0 Å². The Labute approximate surface area is 154 Å². The molecule has 5 nitrogen and oxygen atoms in total. The first-order chi connectivity index (χ1) is 12.5. The number of aryl methyl sites for hydroxylation is 1. The normalized spacial score (nSPS) is 17.7. The molecule has 1 unspecified atom stereocenters. The van der Waals surface area contributed by atoms with Gasteiger partial charge in [-0.1, -0.05) is 24.3 Å². The molecule has 2 aromatic rings. The lowest BCUT2D eigenvalue weighted by molar-refractivity contribution is -0.121. The molecule has 0 aromatic heterocycles. The minimum atomic E-state index is -0.470. The number of carbonyl (C=O) groups excluding carboxylic acids is 2. The SMILES string of the molecule is Cc1ccccc1CN1CCCC(C(=O)Nc2ccc(C(N)=O)cc2)C1. The van der Waals surface area contributed by atoms with Gasteiger partial charge in [0, 0.05) is 24.3 Å². The minimum absolute atomic E-state index is 0.0245. The van der Waals surface area contributed by atoms with Crippen LogP contribution in [0.5, 0.6) is 0 Å². The summed E-state index contributed by atoms with van der Waals surface area (Å²) in [6, 6.07) is 15.1. The number of primary amides is 1. The fourth-order valence-electron chi connectivity index (χ4n) is 3.40. The maximum atomic E-state index is 12.6. The molecule has 136 valence electrons. The number of hydrogen-bond donors (Lipinski definition) is 2. The Morgan fingerprint density at radius 1 is 1.15 bits per heavy atom. The smallest absolute Gasteiger partial charge is 0.248 e. The van der Waals surface area contributed by atoms with E-state index in [1.54, 1.807) is 24.3 Å². The van der Waals surface area contributed by atoms with Crippen molar-refractivity contribution in [3.63, 3.8) is 0 Å². The molecule has 5 heteroatoms. The van der Waals surface area contributed by atoms with Crippen LogP contribution >= 0.6 is 0 Å². The van der Waals surface area contributed by atoms with Gasteiger partial charge in [0.05, 0.1) is 5.92 Å². The highest BCUT2D eigenvalue weighted by Crippen LogP contribution is 2.21. The van der Waals surface area contributed by atoms with E-state index in [1.807, 2.05) is 0 Å². The quantitative estimate of drug-likeness (QED) is 0.870. The molecule has 1 heterocycles. The van der Waals surface area contributed by atoms with Crippen LogP contribution in [-0.4, -0.2) is 29.8 Å². The Balaban J connectivity index is 1.59. The van der Waals surface area contributed by atoms with Gasteiger partial charge < -0.3 is 11.1 Å². The Morgan fingerprint density at radius 2 is 1.88 bits per heavy atom. The highest BCUT2D eigenvalue weighted by atomic mass is 16.2. The average Bonchev–Trinajstić information content (AvgIpc) is 2.64. The van der Waals surface area contributed by atoms with Crippen LogP contribution in [0.2, 0.25) is 0 Å². The van der Waals surface area contributed by atoms with Crippen LogP contribution in [0.1, 0.15) is 34.3 Å². The van der Waals surface area contributed by atoms with E-state index in [2.05, 4.69) is 41.4 Å². The molecule has 2 amide bonds. The maximum Gasteiger partial charge on any atom is 0.248 e. The van der Waals surface area contributed by atoms with Crippen LogP contribution < -0.4 is 11.1 Å². The van der Waals surface area contributed by atoms with Crippen molar-refractivity contribution in [3.8, 4) is 0 Å². The summed E-state index contributed by atoms with van der Waals surface area (Å²) in [6.45, 7) is 4.79. The van der Waals surface area contributed by atoms with Crippen LogP contribution in [0.25, 0.3) is 0 Å². The molecule has 0 bridgehead atoms. The summed E-state index contributed by atoms with van der Waals surface area (Å²) in [6.07, 6.45) is 1.92.